The molecule has 7 heteroatoms. The van der Waals surface area contributed by atoms with Crippen molar-refractivity contribution < 1.29 is 23.8 Å². The Morgan fingerprint density at radius 2 is 1.73 bits per heavy atom. The molecular weight excluding hydrogens is 526 g/mol. The highest BCUT2D eigenvalue weighted by Crippen LogP contribution is 2.48. The molecule has 0 saturated heterocycles. The fraction of sp³-hybridized carbons (Fsp3) is 0.273. The van der Waals surface area contributed by atoms with E-state index in [2.05, 4.69) is 5.32 Å². The van der Waals surface area contributed by atoms with Crippen molar-refractivity contribution in [1.29, 1.82) is 0 Å². The fourth-order valence-corrected chi connectivity index (χ4v) is 5.77. The molecule has 0 saturated carbocycles. The van der Waals surface area contributed by atoms with Gasteiger partial charge in [0.15, 0.2) is 5.78 Å². The maximum absolute atomic E-state index is 13.9. The molecule has 0 bridgehead atoms. The van der Waals surface area contributed by atoms with E-state index in [0.717, 1.165) is 16.8 Å². The summed E-state index contributed by atoms with van der Waals surface area (Å²) in [7, 11) is 3.16. The number of dihydropyridines is 1. The van der Waals surface area contributed by atoms with Crippen molar-refractivity contribution in [2.75, 3.05) is 20.8 Å². The van der Waals surface area contributed by atoms with E-state index in [1.165, 1.54) is 0 Å². The van der Waals surface area contributed by atoms with Gasteiger partial charge in [-0.05, 0) is 60.7 Å². The number of carbonyl (C=O) groups is 2. The molecule has 0 amide bonds. The van der Waals surface area contributed by atoms with Crippen LogP contribution in [0.4, 0.5) is 0 Å². The van der Waals surface area contributed by atoms with Gasteiger partial charge in [-0.2, -0.15) is 0 Å². The third-order valence-corrected chi connectivity index (χ3v) is 7.86. The van der Waals surface area contributed by atoms with E-state index in [9.17, 15) is 9.59 Å². The number of allylic oxidation sites excluding steroid dienone is 3. The minimum absolute atomic E-state index is 0.00366. The molecule has 40 heavy (non-hydrogen) atoms. The summed E-state index contributed by atoms with van der Waals surface area (Å²) >= 11 is 6.11. The molecule has 1 aliphatic heterocycles. The van der Waals surface area contributed by atoms with Crippen LogP contribution in [0.15, 0.2) is 95.3 Å². The number of benzene rings is 3. The van der Waals surface area contributed by atoms with Crippen LogP contribution >= 0.6 is 11.6 Å². The molecule has 1 N–H and O–H groups in total. The number of carbonyl (C=O) groups excluding carboxylic acids is 2. The number of halogens is 1. The normalized spacial score (nSPS) is 18.6. The molecule has 0 unspecified atom stereocenters. The molecule has 6 nitrogen and oxygen atoms in total. The topological polar surface area (TPSA) is 73.9 Å². The van der Waals surface area contributed by atoms with Crippen LogP contribution in [0, 0.1) is 0 Å². The summed E-state index contributed by atoms with van der Waals surface area (Å²) in [5.74, 6) is 0.0173. The summed E-state index contributed by atoms with van der Waals surface area (Å²) in [6.07, 6.45) is 1.54. The minimum Gasteiger partial charge on any atom is -0.497 e. The Labute approximate surface area is 239 Å². The Bertz CT molecular complexity index is 1480. The van der Waals surface area contributed by atoms with E-state index in [1.54, 1.807) is 26.4 Å². The maximum atomic E-state index is 13.9. The third kappa shape index (κ3) is 5.63. The summed E-state index contributed by atoms with van der Waals surface area (Å²) in [6, 6.07) is 22.9. The molecule has 206 valence electrons. The Balaban J connectivity index is 1.53. The van der Waals surface area contributed by atoms with E-state index >= 15 is 0 Å². The first-order valence-electron chi connectivity index (χ1n) is 13.3. The number of ether oxygens (including phenoxy) is 3. The van der Waals surface area contributed by atoms with Gasteiger partial charge in [-0.1, -0.05) is 54.1 Å². The first-order chi connectivity index (χ1) is 19.4. The van der Waals surface area contributed by atoms with Gasteiger partial charge in [-0.15, -0.1) is 0 Å². The van der Waals surface area contributed by atoms with Crippen LogP contribution in [0.2, 0.25) is 5.02 Å². The standard InChI is InChI=1S/C33H32ClNO5/c1-20-30(33(37)40-16-15-21-7-5-4-6-8-21)31(26-19-25(38-2)13-14-29(26)39-3)32-27(35-20)17-23(18-28(32)36)22-9-11-24(34)12-10-22/h4-14,19,23,31,35H,15-18H2,1-3H3/t23-,31+/m1/s1. The number of hydrogen-bond acceptors (Lipinski definition) is 6. The highest BCUT2D eigenvalue weighted by atomic mass is 35.5. The van der Waals surface area contributed by atoms with Gasteiger partial charge in [-0.3, -0.25) is 4.79 Å². The molecular formula is C33H32ClNO5. The predicted octanol–water partition coefficient (Wildman–Crippen LogP) is 6.50. The van der Waals surface area contributed by atoms with E-state index in [-0.39, 0.29) is 18.3 Å². The quantitative estimate of drug-likeness (QED) is 0.318. The van der Waals surface area contributed by atoms with Crippen molar-refractivity contribution in [1.82, 2.24) is 5.32 Å². The summed E-state index contributed by atoms with van der Waals surface area (Å²) in [5, 5.41) is 4.06. The zero-order valence-corrected chi connectivity index (χ0v) is 23.6. The van der Waals surface area contributed by atoms with Crippen molar-refractivity contribution >= 4 is 23.4 Å². The molecule has 0 fully saturated rings. The van der Waals surface area contributed by atoms with Crippen LogP contribution in [-0.4, -0.2) is 32.6 Å². The van der Waals surface area contributed by atoms with Gasteiger partial charge in [-0.25, -0.2) is 4.79 Å². The van der Waals surface area contributed by atoms with E-state index in [0.29, 0.717) is 58.2 Å². The van der Waals surface area contributed by atoms with Crippen molar-refractivity contribution in [3.05, 3.63) is 117 Å². The molecule has 2 aliphatic rings. The molecule has 3 aromatic carbocycles. The summed E-state index contributed by atoms with van der Waals surface area (Å²) in [6.45, 7) is 2.08. The van der Waals surface area contributed by atoms with Gasteiger partial charge in [0.1, 0.15) is 11.5 Å². The molecule has 1 aliphatic carbocycles. The van der Waals surface area contributed by atoms with Crippen molar-refractivity contribution in [2.45, 2.75) is 38.0 Å². The summed E-state index contributed by atoms with van der Waals surface area (Å²) < 4.78 is 17.0. The second kappa shape index (κ2) is 12.0. The molecule has 0 aromatic heterocycles. The smallest absolute Gasteiger partial charge is 0.336 e. The lowest BCUT2D eigenvalue weighted by Gasteiger charge is -2.37. The number of methoxy groups -OCH3 is 2. The van der Waals surface area contributed by atoms with Gasteiger partial charge in [0.05, 0.1) is 32.3 Å². The SMILES string of the molecule is COc1ccc(OC)c([C@H]2C(C(=O)OCCc3ccccc3)=C(C)NC3=C2C(=O)C[C@H](c2ccc(Cl)cc2)C3)c1. The van der Waals surface area contributed by atoms with Crippen molar-refractivity contribution in [3.8, 4) is 11.5 Å². The van der Waals surface area contributed by atoms with Crippen LogP contribution in [0.1, 0.15) is 48.3 Å². The number of Topliss-reactive ketones (excluding diaryl/α,β-unsaturated/α-hetero) is 1. The highest BCUT2D eigenvalue weighted by Gasteiger charge is 2.42. The maximum Gasteiger partial charge on any atom is 0.336 e. The Morgan fingerprint density at radius 3 is 2.42 bits per heavy atom. The van der Waals surface area contributed by atoms with Gasteiger partial charge in [0.25, 0.3) is 0 Å². The molecule has 2 atom stereocenters. The lowest BCUT2D eigenvalue weighted by Crippen LogP contribution is -2.36. The van der Waals surface area contributed by atoms with Gasteiger partial charge in [0, 0.05) is 40.4 Å². The lowest BCUT2D eigenvalue weighted by molar-refractivity contribution is -0.139. The van der Waals surface area contributed by atoms with Gasteiger partial charge >= 0.3 is 5.97 Å². The Hall–Kier alpha value is -4.03. The minimum atomic E-state index is -0.663. The number of esters is 1. The largest absolute Gasteiger partial charge is 0.497 e. The zero-order valence-electron chi connectivity index (χ0n) is 22.8. The van der Waals surface area contributed by atoms with Crippen LogP contribution in [0.5, 0.6) is 11.5 Å². The van der Waals surface area contributed by atoms with Gasteiger partial charge in [0.2, 0.25) is 0 Å². The average Bonchev–Trinajstić information content (AvgIpc) is 2.96. The first-order valence-corrected chi connectivity index (χ1v) is 13.7. The Morgan fingerprint density at radius 1 is 0.975 bits per heavy atom. The second-order valence-corrected chi connectivity index (χ2v) is 10.5. The number of hydrogen-bond donors (Lipinski definition) is 1. The van der Waals surface area contributed by atoms with Gasteiger partial charge < -0.3 is 19.5 Å². The Kier molecular flexibility index (Phi) is 8.27. The number of rotatable bonds is 8. The summed E-state index contributed by atoms with van der Waals surface area (Å²) in [4.78, 5) is 27.6. The first kappa shape index (κ1) is 27.5. The molecule has 0 spiro atoms. The highest BCUT2D eigenvalue weighted by molar-refractivity contribution is 6.30. The van der Waals surface area contributed by atoms with E-state index in [1.807, 2.05) is 67.6 Å². The average molecular weight is 558 g/mol. The second-order valence-electron chi connectivity index (χ2n) is 10.0. The molecule has 1 heterocycles. The van der Waals surface area contributed by atoms with Crippen molar-refractivity contribution in [2.24, 2.45) is 0 Å². The lowest BCUT2D eigenvalue weighted by atomic mass is 9.71. The molecule has 5 rings (SSSR count). The zero-order chi connectivity index (χ0) is 28.2. The summed E-state index contributed by atoms with van der Waals surface area (Å²) in [5.41, 5.74) is 5.24. The number of ketones is 1. The fourth-order valence-electron chi connectivity index (χ4n) is 5.64. The van der Waals surface area contributed by atoms with E-state index < -0.39 is 11.9 Å². The van der Waals surface area contributed by atoms with Crippen molar-refractivity contribution in [3.63, 3.8) is 0 Å². The molecule has 3 aromatic rings. The van der Waals surface area contributed by atoms with Crippen LogP contribution < -0.4 is 14.8 Å². The van der Waals surface area contributed by atoms with E-state index in [4.69, 9.17) is 25.8 Å². The van der Waals surface area contributed by atoms with Crippen LogP contribution in [-0.2, 0) is 20.7 Å². The third-order valence-electron chi connectivity index (χ3n) is 7.60. The molecule has 0 radical (unpaired) electrons. The van der Waals surface area contributed by atoms with Crippen LogP contribution in [0.25, 0.3) is 0 Å². The monoisotopic (exact) mass is 557 g/mol. The predicted molar refractivity (Wildman–Crippen MR) is 155 cm³/mol. The number of nitrogens with one attached hydrogen (secondary N) is 1. The van der Waals surface area contributed by atoms with Crippen LogP contribution in [0.3, 0.4) is 0 Å².